The number of hydrogen-bond acceptors (Lipinski definition) is 6. The Morgan fingerprint density at radius 1 is 0.952 bits per heavy atom. The first-order chi connectivity index (χ1) is 19.8. The lowest BCUT2D eigenvalue weighted by Gasteiger charge is -2.26. The molecule has 2 saturated carbocycles. The Labute approximate surface area is 241 Å². The molecule has 0 bridgehead atoms. The maximum Gasteiger partial charge on any atom is 0.416 e. The van der Waals surface area contributed by atoms with Gasteiger partial charge in [0.25, 0.3) is 5.95 Å². The van der Waals surface area contributed by atoms with Crippen LogP contribution < -0.4 is 10.2 Å². The first kappa shape index (κ1) is 28.5. The average Bonchev–Trinajstić information content (AvgIpc) is 3.85. The van der Waals surface area contributed by atoms with Gasteiger partial charge in [0.15, 0.2) is 0 Å². The molecule has 2 aliphatic carbocycles. The topological polar surface area (TPSA) is 71.8 Å². The molecule has 42 heavy (non-hydrogen) atoms. The summed E-state index contributed by atoms with van der Waals surface area (Å²) >= 11 is 6.47. The normalized spacial score (nSPS) is 15.9. The number of nitrogens with one attached hydrogen (secondary N) is 1. The molecule has 2 heterocycles. The molecular weight excluding hydrogens is 584 g/mol. The highest BCUT2D eigenvalue weighted by molar-refractivity contribution is 6.35. The number of halogens is 7. The molecule has 2 fully saturated rings. The van der Waals surface area contributed by atoms with E-state index in [2.05, 4.69) is 20.7 Å². The number of para-hydroxylation sites is 1. The third-order valence-corrected chi connectivity index (χ3v) is 7.91. The minimum atomic E-state index is -4.97. The van der Waals surface area contributed by atoms with E-state index in [1.54, 1.807) is 12.1 Å². The molecule has 2 aliphatic rings. The first-order valence-corrected chi connectivity index (χ1v) is 13.8. The SMILES string of the molecule is Cn1nnc(N(Cc2cc(C(F)(F)F)cc(C(F)(F)F)c2)Cc2cc3cccc(Cl)c3nc2NC(C2CC2)C2CC2)n1. The molecule has 14 heteroatoms. The fraction of sp³-hybridized carbons (Fsp3) is 0.429. The number of anilines is 2. The van der Waals surface area contributed by atoms with Crippen LogP contribution in [-0.2, 0) is 32.5 Å². The average molecular weight is 610 g/mol. The van der Waals surface area contributed by atoms with Crippen molar-refractivity contribution in [2.75, 3.05) is 10.2 Å². The van der Waals surface area contributed by atoms with Gasteiger partial charge in [-0.2, -0.15) is 31.1 Å². The number of pyridine rings is 1. The molecule has 6 rings (SSSR count). The number of fused-ring (bicyclic) bond motifs is 1. The summed E-state index contributed by atoms with van der Waals surface area (Å²) in [6.45, 7) is -0.316. The Bertz CT molecular complexity index is 1570. The van der Waals surface area contributed by atoms with E-state index in [4.69, 9.17) is 16.6 Å². The van der Waals surface area contributed by atoms with E-state index in [9.17, 15) is 26.3 Å². The van der Waals surface area contributed by atoms with Gasteiger partial charge in [0.05, 0.1) is 28.7 Å². The van der Waals surface area contributed by atoms with E-state index >= 15 is 0 Å². The lowest BCUT2D eigenvalue weighted by molar-refractivity contribution is -0.143. The van der Waals surface area contributed by atoms with Gasteiger partial charge in [0.1, 0.15) is 5.82 Å². The zero-order valence-electron chi connectivity index (χ0n) is 22.3. The summed E-state index contributed by atoms with van der Waals surface area (Å²) in [5.41, 5.74) is -1.72. The molecule has 2 aromatic carbocycles. The van der Waals surface area contributed by atoms with Crippen molar-refractivity contribution in [2.45, 2.75) is 57.2 Å². The van der Waals surface area contributed by atoms with Crippen LogP contribution in [0.4, 0.5) is 38.1 Å². The Hall–Kier alpha value is -3.61. The summed E-state index contributed by atoms with van der Waals surface area (Å²) in [7, 11) is 1.52. The molecule has 4 aromatic rings. The number of nitrogens with zero attached hydrogens (tertiary/aromatic N) is 6. The van der Waals surface area contributed by atoms with E-state index in [1.807, 2.05) is 12.1 Å². The molecule has 0 unspecified atom stereocenters. The second kappa shape index (κ2) is 10.6. The number of hydrogen-bond donors (Lipinski definition) is 1. The number of benzene rings is 2. The maximum atomic E-state index is 13.6. The van der Waals surface area contributed by atoms with Crippen molar-refractivity contribution in [1.29, 1.82) is 0 Å². The molecule has 0 spiro atoms. The van der Waals surface area contributed by atoms with Crippen molar-refractivity contribution in [1.82, 2.24) is 25.2 Å². The van der Waals surface area contributed by atoms with Gasteiger partial charge in [0, 0.05) is 30.1 Å². The van der Waals surface area contributed by atoms with E-state index in [0.29, 0.717) is 45.9 Å². The van der Waals surface area contributed by atoms with Gasteiger partial charge in [-0.25, -0.2) is 4.98 Å². The van der Waals surface area contributed by atoms with Crippen LogP contribution in [0.1, 0.15) is 47.9 Å². The monoisotopic (exact) mass is 609 g/mol. The van der Waals surface area contributed by atoms with Crippen molar-refractivity contribution in [3.63, 3.8) is 0 Å². The van der Waals surface area contributed by atoms with Gasteiger partial charge in [-0.3, -0.25) is 0 Å². The van der Waals surface area contributed by atoms with Crippen molar-refractivity contribution >= 4 is 34.3 Å². The van der Waals surface area contributed by atoms with Gasteiger partial charge in [0.2, 0.25) is 0 Å². The number of tetrazole rings is 1. The van der Waals surface area contributed by atoms with Crippen LogP contribution >= 0.6 is 11.6 Å². The van der Waals surface area contributed by atoms with Crippen molar-refractivity contribution in [3.05, 3.63) is 69.7 Å². The van der Waals surface area contributed by atoms with Crippen LogP contribution in [0.5, 0.6) is 0 Å². The van der Waals surface area contributed by atoms with Gasteiger partial charge >= 0.3 is 12.4 Å². The molecule has 0 atom stereocenters. The Morgan fingerprint density at radius 3 is 2.14 bits per heavy atom. The second-order valence-electron chi connectivity index (χ2n) is 11.0. The number of aromatic nitrogens is 5. The van der Waals surface area contributed by atoms with Crippen LogP contribution in [0.3, 0.4) is 0 Å². The van der Waals surface area contributed by atoms with Crippen LogP contribution in [0.25, 0.3) is 10.9 Å². The quantitative estimate of drug-likeness (QED) is 0.202. The van der Waals surface area contributed by atoms with Crippen LogP contribution in [0.2, 0.25) is 5.02 Å². The molecule has 7 nitrogen and oxygen atoms in total. The smallest absolute Gasteiger partial charge is 0.366 e. The molecule has 0 amide bonds. The summed E-state index contributed by atoms with van der Waals surface area (Å²) in [5.74, 6) is 1.66. The second-order valence-corrected chi connectivity index (χ2v) is 11.4. The van der Waals surface area contributed by atoms with Crippen molar-refractivity contribution < 1.29 is 26.3 Å². The zero-order valence-corrected chi connectivity index (χ0v) is 23.1. The molecular formula is C28H26ClF6N7. The van der Waals surface area contributed by atoms with Crippen molar-refractivity contribution in [3.8, 4) is 0 Å². The minimum Gasteiger partial charge on any atom is -0.366 e. The van der Waals surface area contributed by atoms with Crippen LogP contribution in [-0.4, -0.2) is 31.2 Å². The van der Waals surface area contributed by atoms with Crippen LogP contribution in [0.15, 0.2) is 42.5 Å². The third kappa shape index (κ3) is 6.25. The van der Waals surface area contributed by atoms with Gasteiger partial charge in [-0.15, -0.1) is 5.10 Å². The molecule has 0 saturated heterocycles. The predicted octanol–water partition coefficient (Wildman–Crippen LogP) is 7.26. The van der Waals surface area contributed by atoms with E-state index in [-0.39, 0.29) is 36.7 Å². The van der Waals surface area contributed by atoms with E-state index in [0.717, 1.165) is 31.1 Å². The van der Waals surface area contributed by atoms with Gasteiger partial charge in [-0.05, 0) is 78.6 Å². The fourth-order valence-corrected chi connectivity index (χ4v) is 5.50. The molecule has 222 valence electrons. The van der Waals surface area contributed by atoms with E-state index in [1.165, 1.54) is 16.7 Å². The van der Waals surface area contributed by atoms with E-state index < -0.39 is 23.5 Å². The maximum absolute atomic E-state index is 13.6. The van der Waals surface area contributed by atoms with Gasteiger partial charge < -0.3 is 10.2 Å². The molecule has 0 radical (unpaired) electrons. The summed E-state index contributed by atoms with van der Waals surface area (Å²) in [5, 5.41) is 16.9. The summed E-state index contributed by atoms with van der Waals surface area (Å²) < 4.78 is 81.6. The summed E-state index contributed by atoms with van der Waals surface area (Å²) in [6.07, 6.45) is -5.47. The highest BCUT2D eigenvalue weighted by Gasteiger charge is 2.42. The lowest BCUT2D eigenvalue weighted by Crippen LogP contribution is -2.28. The zero-order chi connectivity index (χ0) is 29.8. The van der Waals surface area contributed by atoms with Gasteiger partial charge in [-0.1, -0.05) is 28.8 Å². The first-order valence-electron chi connectivity index (χ1n) is 13.5. The predicted molar refractivity (Wildman–Crippen MR) is 145 cm³/mol. The Kier molecular flexibility index (Phi) is 7.19. The molecule has 0 aliphatic heterocycles. The molecule has 1 N–H and O–H groups in total. The fourth-order valence-electron chi connectivity index (χ4n) is 5.28. The van der Waals surface area contributed by atoms with Crippen molar-refractivity contribution in [2.24, 2.45) is 18.9 Å². The Morgan fingerprint density at radius 2 is 1.60 bits per heavy atom. The number of alkyl halides is 6. The highest BCUT2D eigenvalue weighted by Crippen LogP contribution is 2.46. The highest BCUT2D eigenvalue weighted by atomic mass is 35.5. The molecule has 2 aromatic heterocycles. The number of aryl methyl sites for hydroxylation is 1. The lowest BCUT2D eigenvalue weighted by atomic mass is 10.0. The third-order valence-electron chi connectivity index (χ3n) is 7.60. The summed E-state index contributed by atoms with van der Waals surface area (Å²) in [6, 6.07) is 9.00. The largest absolute Gasteiger partial charge is 0.416 e. The number of rotatable bonds is 9. The van der Waals surface area contributed by atoms with Crippen LogP contribution in [0, 0.1) is 11.8 Å². The standard InChI is InChI=1S/C28H26ClF6N7/c1-41-39-26(38-40-41)42(13-15-9-20(27(30,31)32)12-21(10-15)28(33,34)35)14-19-11-18-3-2-4-22(29)24(18)37-25(19)36-23(16-5-6-16)17-7-8-17/h2-4,9-12,16-17,23H,5-8,13-14H2,1H3,(H,36,37). The minimum absolute atomic E-state index is 0.0309. The Balaban J connectivity index is 1.41. The summed E-state index contributed by atoms with van der Waals surface area (Å²) in [4.78, 5) is 7.52.